The Hall–Kier alpha value is -3.93. The summed E-state index contributed by atoms with van der Waals surface area (Å²) in [5, 5.41) is 7.70. The lowest BCUT2D eigenvalue weighted by atomic mass is 10.0. The summed E-state index contributed by atoms with van der Waals surface area (Å²) in [5.74, 6) is -1.32. The number of methoxy groups -OCH3 is 1. The molecule has 0 saturated heterocycles. The molecule has 0 aromatic heterocycles. The van der Waals surface area contributed by atoms with E-state index in [1.807, 2.05) is 63.2 Å². The Morgan fingerprint density at radius 1 is 0.906 bits per heavy atom. The van der Waals surface area contributed by atoms with E-state index in [1.165, 1.54) is 31.4 Å². The monoisotopic (exact) mass is 430 g/mol. The summed E-state index contributed by atoms with van der Waals surface area (Å²) in [6.07, 6.45) is 1.46. The summed E-state index contributed by atoms with van der Waals surface area (Å²) < 4.78 is 4.81. The predicted octanol–water partition coefficient (Wildman–Crippen LogP) is 4.81. The van der Waals surface area contributed by atoms with Crippen LogP contribution >= 0.6 is 0 Å². The van der Waals surface area contributed by atoms with E-state index in [9.17, 15) is 14.4 Å². The molecule has 6 heteroatoms. The molecule has 0 atom stereocenters. The van der Waals surface area contributed by atoms with Crippen LogP contribution in [0.15, 0.2) is 66.7 Å². The molecule has 0 aliphatic carbocycles. The Morgan fingerprint density at radius 2 is 1.59 bits per heavy atom. The fraction of sp³-hybridized carbons (Fsp3) is 0.192. The minimum Gasteiger partial charge on any atom is -0.465 e. The van der Waals surface area contributed by atoms with E-state index in [1.54, 1.807) is 0 Å². The summed E-state index contributed by atoms with van der Waals surface area (Å²) >= 11 is 0. The number of carbonyl (C=O) groups is 3. The average molecular weight is 431 g/mol. The number of fused-ring (bicyclic) bond motifs is 1. The zero-order valence-corrected chi connectivity index (χ0v) is 18.6. The maximum absolute atomic E-state index is 12.7. The maximum atomic E-state index is 12.7. The number of esters is 1. The molecule has 0 spiro atoms. The van der Waals surface area contributed by atoms with Crippen LogP contribution in [0.5, 0.6) is 0 Å². The molecular weight excluding hydrogens is 404 g/mol. The van der Waals surface area contributed by atoms with Crippen molar-refractivity contribution in [3.05, 3.63) is 83.4 Å². The van der Waals surface area contributed by atoms with Crippen LogP contribution < -0.4 is 10.6 Å². The van der Waals surface area contributed by atoms with Crippen LogP contribution in [0, 0.1) is 0 Å². The van der Waals surface area contributed by atoms with Crippen molar-refractivity contribution in [2.45, 2.75) is 26.8 Å². The zero-order chi connectivity index (χ0) is 23.3. The van der Waals surface area contributed by atoms with Gasteiger partial charge in [-0.05, 0) is 66.9 Å². The molecule has 2 N–H and O–H groups in total. The summed E-state index contributed by atoms with van der Waals surface area (Å²) in [7, 11) is 1.26. The normalized spacial score (nSPS) is 11.3. The van der Waals surface area contributed by atoms with Gasteiger partial charge in [0.25, 0.3) is 5.91 Å². The Balaban J connectivity index is 1.88. The van der Waals surface area contributed by atoms with Gasteiger partial charge in [0.1, 0.15) is 0 Å². The van der Waals surface area contributed by atoms with E-state index in [4.69, 9.17) is 4.74 Å². The molecule has 0 saturated carbocycles. The number of allylic oxidation sites excluding steroid dienone is 1. The van der Waals surface area contributed by atoms with Gasteiger partial charge < -0.3 is 15.4 Å². The van der Waals surface area contributed by atoms with Gasteiger partial charge in [-0.1, -0.05) is 36.4 Å². The van der Waals surface area contributed by atoms with Gasteiger partial charge in [-0.15, -0.1) is 0 Å². The lowest BCUT2D eigenvalue weighted by molar-refractivity contribution is -0.111. The van der Waals surface area contributed by atoms with Crippen molar-refractivity contribution >= 4 is 39.8 Å². The second-order valence-electron chi connectivity index (χ2n) is 7.76. The van der Waals surface area contributed by atoms with Crippen LogP contribution in [0.2, 0.25) is 0 Å². The molecule has 0 bridgehead atoms. The Bertz CT molecular complexity index is 1210. The smallest absolute Gasteiger partial charge is 0.339 e. The molecule has 32 heavy (non-hydrogen) atoms. The molecule has 6 nitrogen and oxygen atoms in total. The molecule has 3 rings (SSSR count). The topological polar surface area (TPSA) is 84.5 Å². The van der Waals surface area contributed by atoms with Gasteiger partial charge in [0.15, 0.2) is 0 Å². The Labute approximate surface area is 187 Å². The molecule has 0 aliphatic heterocycles. The fourth-order valence-electron chi connectivity index (χ4n) is 3.31. The highest BCUT2D eigenvalue weighted by Gasteiger charge is 2.17. The van der Waals surface area contributed by atoms with Crippen molar-refractivity contribution in [1.29, 1.82) is 0 Å². The number of hydrogen-bond donors (Lipinski definition) is 2. The van der Waals surface area contributed by atoms with Gasteiger partial charge in [0.05, 0.1) is 18.4 Å². The van der Waals surface area contributed by atoms with Crippen LogP contribution in [-0.4, -0.2) is 30.9 Å². The number of ether oxygens (including phenoxy) is 1. The lowest BCUT2D eigenvalue weighted by Crippen LogP contribution is -2.30. The lowest BCUT2D eigenvalue weighted by Gasteiger charge is -2.13. The van der Waals surface area contributed by atoms with Crippen molar-refractivity contribution < 1.29 is 19.1 Å². The first-order chi connectivity index (χ1) is 15.3. The molecule has 0 unspecified atom stereocenters. The van der Waals surface area contributed by atoms with Gasteiger partial charge in [0.2, 0.25) is 5.91 Å². The minimum atomic E-state index is -0.605. The van der Waals surface area contributed by atoms with E-state index < -0.39 is 11.9 Å². The third-order valence-corrected chi connectivity index (χ3v) is 4.92. The molecule has 0 fully saturated rings. The van der Waals surface area contributed by atoms with Crippen LogP contribution in [-0.2, 0) is 9.53 Å². The number of anilines is 1. The number of hydrogen-bond acceptors (Lipinski definition) is 4. The molecule has 164 valence electrons. The molecule has 0 heterocycles. The number of benzene rings is 3. The van der Waals surface area contributed by atoms with E-state index in [0.29, 0.717) is 5.56 Å². The van der Waals surface area contributed by atoms with Crippen molar-refractivity contribution in [3.8, 4) is 0 Å². The largest absolute Gasteiger partial charge is 0.465 e. The van der Waals surface area contributed by atoms with Crippen LogP contribution in [0.25, 0.3) is 16.3 Å². The third-order valence-electron chi connectivity index (χ3n) is 4.92. The van der Waals surface area contributed by atoms with Crippen LogP contribution in [0.3, 0.4) is 0 Å². The van der Waals surface area contributed by atoms with Crippen molar-refractivity contribution in [2.24, 2.45) is 0 Å². The van der Waals surface area contributed by atoms with E-state index >= 15 is 0 Å². The zero-order valence-electron chi connectivity index (χ0n) is 18.6. The van der Waals surface area contributed by atoms with Crippen LogP contribution in [0.1, 0.15) is 47.1 Å². The number of rotatable bonds is 6. The molecular formula is C26H26N2O4. The summed E-state index contributed by atoms with van der Waals surface area (Å²) in [4.78, 5) is 37.3. The molecule has 3 aromatic carbocycles. The number of amides is 2. The third kappa shape index (κ3) is 5.40. The first-order valence-electron chi connectivity index (χ1n) is 10.3. The van der Waals surface area contributed by atoms with Crippen molar-refractivity contribution in [1.82, 2.24) is 5.32 Å². The highest BCUT2D eigenvalue weighted by atomic mass is 16.5. The highest BCUT2D eigenvalue weighted by Crippen LogP contribution is 2.23. The average Bonchev–Trinajstić information content (AvgIpc) is 2.77. The maximum Gasteiger partial charge on any atom is 0.339 e. The number of nitrogens with one attached hydrogen (secondary N) is 2. The molecule has 0 aliphatic rings. The van der Waals surface area contributed by atoms with E-state index in [-0.39, 0.29) is 23.2 Å². The predicted molar refractivity (Wildman–Crippen MR) is 127 cm³/mol. The van der Waals surface area contributed by atoms with Gasteiger partial charge >= 0.3 is 5.97 Å². The Morgan fingerprint density at radius 3 is 2.28 bits per heavy atom. The summed E-state index contributed by atoms with van der Waals surface area (Å²) in [6.45, 7) is 5.55. The summed E-state index contributed by atoms with van der Waals surface area (Å²) in [6, 6.07) is 18.4. The van der Waals surface area contributed by atoms with Crippen molar-refractivity contribution in [2.75, 3.05) is 12.4 Å². The van der Waals surface area contributed by atoms with Gasteiger partial charge in [-0.2, -0.15) is 0 Å². The van der Waals surface area contributed by atoms with Crippen molar-refractivity contribution in [3.63, 3.8) is 0 Å². The number of carbonyl (C=O) groups excluding carboxylic acids is 3. The second kappa shape index (κ2) is 9.92. The summed E-state index contributed by atoms with van der Waals surface area (Å²) in [5.41, 5.74) is 2.38. The molecule has 3 aromatic rings. The first kappa shape index (κ1) is 22.7. The quantitative estimate of drug-likeness (QED) is 0.434. The van der Waals surface area contributed by atoms with Gasteiger partial charge in [0, 0.05) is 17.7 Å². The Kier molecular flexibility index (Phi) is 7.05. The fourth-order valence-corrected chi connectivity index (χ4v) is 3.31. The van der Waals surface area contributed by atoms with Crippen LogP contribution in [0.4, 0.5) is 5.69 Å². The van der Waals surface area contributed by atoms with Gasteiger partial charge in [-0.3, -0.25) is 9.59 Å². The standard InChI is InChI=1S/C26H26N2O4/c1-16(2)27-25(30)21-11-12-22(26(31)32-4)23(15-21)28-24(29)13-17(3)19-10-9-18-7-5-6-8-20(18)14-19/h5-16H,1-4H3,(H,27,30)(H,28,29)/b17-13-. The van der Waals surface area contributed by atoms with E-state index in [2.05, 4.69) is 10.6 Å². The molecule has 2 amide bonds. The molecule has 0 radical (unpaired) electrons. The van der Waals surface area contributed by atoms with E-state index in [0.717, 1.165) is 21.9 Å². The second-order valence-corrected chi connectivity index (χ2v) is 7.76. The SMILES string of the molecule is COC(=O)c1ccc(C(=O)NC(C)C)cc1NC(=O)/C=C(/C)c1ccc2ccccc2c1. The highest BCUT2D eigenvalue weighted by molar-refractivity contribution is 6.09. The first-order valence-corrected chi connectivity index (χ1v) is 10.3. The van der Waals surface area contributed by atoms with Gasteiger partial charge in [-0.25, -0.2) is 4.79 Å². The minimum absolute atomic E-state index is 0.0478.